The van der Waals surface area contributed by atoms with Crippen LogP contribution in [0, 0.1) is 11.6 Å². The van der Waals surface area contributed by atoms with Crippen molar-refractivity contribution in [2.75, 3.05) is 5.32 Å². The van der Waals surface area contributed by atoms with Gasteiger partial charge in [0.15, 0.2) is 0 Å². The fourth-order valence-corrected chi connectivity index (χ4v) is 2.22. The number of nitrogens with one attached hydrogen (secondary N) is 1. The molecule has 1 N–H and O–H groups in total. The number of carbonyl (C=O) groups is 1. The molecule has 94 valence electrons. The highest BCUT2D eigenvalue weighted by atomic mass is 32.1. The second kappa shape index (κ2) is 5.73. The van der Waals surface area contributed by atoms with Gasteiger partial charge in [0.05, 0.1) is 0 Å². The Morgan fingerprint density at radius 3 is 2.50 bits per heavy atom. The lowest BCUT2D eigenvalue weighted by atomic mass is 10.2. The van der Waals surface area contributed by atoms with E-state index in [4.69, 9.17) is 0 Å². The number of carbonyl (C=O) groups excluding carboxylic acids is 1. The summed E-state index contributed by atoms with van der Waals surface area (Å²) < 4.78 is 26.5. The van der Waals surface area contributed by atoms with E-state index < -0.39 is 17.5 Å². The number of hydrogen-bond acceptors (Lipinski definition) is 2. The van der Waals surface area contributed by atoms with Gasteiger partial charge in [-0.05, 0) is 30.0 Å². The molecule has 18 heavy (non-hydrogen) atoms. The van der Waals surface area contributed by atoms with Crippen LogP contribution in [0.4, 0.5) is 14.5 Å². The lowest BCUT2D eigenvalue weighted by Gasteiger charge is -2.06. The lowest BCUT2D eigenvalue weighted by Crippen LogP contribution is -2.14. The zero-order valence-electron chi connectivity index (χ0n) is 9.45. The van der Waals surface area contributed by atoms with E-state index in [1.165, 1.54) is 6.07 Å². The molecule has 1 aromatic carbocycles. The standard InChI is InChI=1S/C13H11F2NOS/c14-10-4-1-5-11(15)13(10)16-12(17)7-6-9-3-2-8-18-9/h1-5,8H,6-7H2,(H,16,17). The van der Waals surface area contributed by atoms with Gasteiger partial charge in [-0.2, -0.15) is 0 Å². The number of rotatable bonds is 4. The average molecular weight is 267 g/mol. The molecule has 0 aliphatic heterocycles. The van der Waals surface area contributed by atoms with Gasteiger partial charge in [-0.15, -0.1) is 11.3 Å². The first-order valence-corrected chi connectivity index (χ1v) is 6.31. The van der Waals surface area contributed by atoms with E-state index in [9.17, 15) is 13.6 Å². The topological polar surface area (TPSA) is 29.1 Å². The zero-order valence-corrected chi connectivity index (χ0v) is 10.3. The van der Waals surface area contributed by atoms with Gasteiger partial charge in [-0.1, -0.05) is 12.1 Å². The molecule has 0 saturated carbocycles. The van der Waals surface area contributed by atoms with Crippen molar-refractivity contribution >= 4 is 22.9 Å². The molecule has 0 aliphatic carbocycles. The van der Waals surface area contributed by atoms with Crippen molar-refractivity contribution in [3.8, 4) is 0 Å². The Morgan fingerprint density at radius 1 is 1.17 bits per heavy atom. The van der Waals surface area contributed by atoms with E-state index in [1.54, 1.807) is 11.3 Å². The second-order valence-corrected chi connectivity index (χ2v) is 4.76. The molecule has 2 rings (SSSR count). The summed E-state index contributed by atoms with van der Waals surface area (Å²) in [5.74, 6) is -1.92. The summed E-state index contributed by atoms with van der Waals surface area (Å²) in [6.07, 6.45) is 0.772. The van der Waals surface area contributed by atoms with E-state index >= 15 is 0 Å². The van der Waals surface area contributed by atoms with E-state index in [0.717, 1.165) is 17.0 Å². The summed E-state index contributed by atoms with van der Waals surface area (Å²) in [5, 5.41) is 4.18. The molecule has 0 unspecified atom stereocenters. The van der Waals surface area contributed by atoms with Crippen molar-refractivity contribution in [1.29, 1.82) is 0 Å². The average Bonchev–Trinajstić information content (AvgIpc) is 2.84. The predicted octanol–water partition coefficient (Wildman–Crippen LogP) is 3.60. The quantitative estimate of drug-likeness (QED) is 0.901. The van der Waals surface area contributed by atoms with Gasteiger partial charge in [0, 0.05) is 11.3 Å². The highest BCUT2D eigenvalue weighted by Gasteiger charge is 2.11. The SMILES string of the molecule is O=C(CCc1cccs1)Nc1c(F)cccc1F. The third-order valence-corrected chi connectivity index (χ3v) is 3.34. The lowest BCUT2D eigenvalue weighted by molar-refractivity contribution is -0.116. The Bertz CT molecular complexity index is 520. The summed E-state index contributed by atoms with van der Waals surface area (Å²) in [5.41, 5.74) is -0.381. The molecule has 0 radical (unpaired) electrons. The Balaban J connectivity index is 1.95. The number of halogens is 2. The molecule has 1 aromatic heterocycles. The first kappa shape index (κ1) is 12.7. The maximum Gasteiger partial charge on any atom is 0.224 e. The van der Waals surface area contributed by atoms with Gasteiger partial charge in [0.1, 0.15) is 17.3 Å². The van der Waals surface area contributed by atoms with Crippen molar-refractivity contribution < 1.29 is 13.6 Å². The van der Waals surface area contributed by atoms with Crippen LogP contribution < -0.4 is 5.32 Å². The number of hydrogen-bond donors (Lipinski definition) is 1. The van der Waals surface area contributed by atoms with Crippen molar-refractivity contribution in [2.24, 2.45) is 0 Å². The fourth-order valence-electron chi connectivity index (χ4n) is 1.51. The molecule has 0 aliphatic rings. The monoisotopic (exact) mass is 267 g/mol. The van der Waals surface area contributed by atoms with Crippen molar-refractivity contribution in [1.82, 2.24) is 0 Å². The van der Waals surface area contributed by atoms with Gasteiger partial charge in [0.2, 0.25) is 5.91 Å². The molecule has 0 atom stereocenters. The number of benzene rings is 1. The van der Waals surface area contributed by atoms with E-state index in [0.29, 0.717) is 6.42 Å². The predicted molar refractivity (Wildman–Crippen MR) is 67.6 cm³/mol. The molecule has 0 saturated heterocycles. The molecule has 1 heterocycles. The first-order valence-electron chi connectivity index (χ1n) is 5.43. The normalized spacial score (nSPS) is 10.3. The van der Waals surface area contributed by atoms with Crippen LogP contribution in [0.2, 0.25) is 0 Å². The van der Waals surface area contributed by atoms with Gasteiger partial charge in [-0.25, -0.2) is 8.78 Å². The molecule has 0 fully saturated rings. The van der Waals surface area contributed by atoms with Crippen LogP contribution in [-0.2, 0) is 11.2 Å². The largest absolute Gasteiger partial charge is 0.321 e. The van der Waals surface area contributed by atoms with Crippen LogP contribution in [0.3, 0.4) is 0 Å². The van der Waals surface area contributed by atoms with Crippen molar-refractivity contribution in [3.63, 3.8) is 0 Å². The molecule has 0 spiro atoms. The van der Waals surface area contributed by atoms with Crippen LogP contribution in [0.5, 0.6) is 0 Å². The Hall–Kier alpha value is -1.75. The summed E-state index contributed by atoms with van der Waals surface area (Å²) >= 11 is 1.55. The molecular weight excluding hydrogens is 256 g/mol. The fraction of sp³-hybridized carbons (Fsp3) is 0.154. The first-order chi connectivity index (χ1) is 8.66. The number of aryl methyl sites for hydroxylation is 1. The third kappa shape index (κ3) is 3.13. The van der Waals surface area contributed by atoms with Crippen LogP contribution in [0.15, 0.2) is 35.7 Å². The number of anilines is 1. The summed E-state index contributed by atoms with van der Waals surface area (Å²) in [6, 6.07) is 7.29. The smallest absolute Gasteiger partial charge is 0.224 e. The Labute approximate surface area is 107 Å². The van der Waals surface area contributed by atoms with E-state index in [1.807, 2.05) is 17.5 Å². The maximum absolute atomic E-state index is 13.3. The minimum atomic E-state index is -0.764. The van der Waals surface area contributed by atoms with Crippen molar-refractivity contribution in [3.05, 3.63) is 52.2 Å². The molecule has 0 bridgehead atoms. The highest BCUT2D eigenvalue weighted by Crippen LogP contribution is 2.18. The number of thiophene rings is 1. The van der Waals surface area contributed by atoms with Gasteiger partial charge >= 0.3 is 0 Å². The minimum absolute atomic E-state index is 0.203. The molecule has 2 nitrogen and oxygen atoms in total. The Kier molecular flexibility index (Phi) is 4.04. The van der Waals surface area contributed by atoms with Gasteiger partial charge in [0.25, 0.3) is 0 Å². The zero-order chi connectivity index (χ0) is 13.0. The minimum Gasteiger partial charge on any atom is -0.321 e. The van der Waals surface area contributed by atoms with Gasteiger partial charge in [-0.3, -0.25) is 4.79 Å². The van der Waals surface area contributed by atoms with Crippen LogP contribution in [-0.4, -0.2) is 5.91 Å². The number of para-hydroxylation sites is 1. The van der Waals surface area contributed by atoms with Gasteiger partial charge < -0.3 is 5.32 Å². The van der Waals surface area contributed by atoms with Crippen LogP contribution in [0.25, 0.3) is 0 Å². The number of amides is 1. The second-order valence-electron chi connectivity index (χ2n) is 3.72. The Morgan fingerprint density at radius 2 is 1.89 bits per heavy atom. The van der Waals surface area contributed by atoms with Crippen LogP contribution in [0.1, 0.15) is 11.3 Å². The van der Waals surface area contributed by atoms with Crippen LogP contribution >= 0.6 is 11.3 Å². The third-order valence-electron chi connectivity index (χ3n) is 2.41. The van der Waals surface area contributed by atoms with E-state index in [-0.39, 0.29) is 12.1 Å². The molecule has 1 amide bonds. The molecular formula is C13H11F2NOS. The van der Waals surface area contributed by atoms with Crippen molar-refractivity contribution in [2.45, 2.75) is 12.8 Å². The summed E-state index contributed by atoms with van der Waals surface area (Å²) in [6.45, 7) is 0. The molecule has 5 heteroatoms. The maximum atomic E-state index is 13.3. The summed E-state index contributed by atoms with van der Waals surface area (Å²) in [7, 11) is 0. The molecule has 2 aromatic rings. The highest BCUT2D eigenvalue weighted by molar-refractivity contribution is 7.09. The summed E-state index contributed by atoms with van der Waals surface area (Å²) in [4.78, 5) is 12.6. The van der Waals surface area contributed by atoms with E-state index in [2.05, 4.69) is 5.32 Å².